The van der Waals surface area contributed by atoms with Crippen LogP contribution in [0.15, 0.2) is 97.5 Å². The Hall–Kier alpha value is -12.4. The van der Waals surface area contributed by atoms with Gasteiger partial charge in [-0.1, -0.05) is 0 Å². The second-order valence-corrected chi connectivity index (χ2v) is 36.3. The molecule has 33 nitrogen and oxygen atoms in total. The Kier molecular flexibility index (Phi) is 37.8. The van der Waals surface area contributed by atoms with Crippen molar-refractivity contribution in [3.8, 4) is 0 Å². The van der Waals surface area contributed by atoms with Gasteiger partial charge in [-0.05, 0) is 132 Å². The van der Waals surface area contributed by atoms with Crippen LogP contribution < -0.4 is 30.7 Å². The summed E-state index contributed by atoms with van der Waals surface area (Å²) in [6.45, 7) is 32.1. The maximum atomic E-state index is 14.0. The standard InChI is InChI=1S/2C32H41F3N6O5.C32H42F2N6O5/c2*1-20(37-22-17-24(33)28(35)25(34)18-22)23-15-21(16-26-29(23)38-27(19-36-26)41-9-13-45-14-10-41)30(42)39(5)7-11-44-12-8-40(6)31(43)46-32(2,3)4;1-21(36-25-18-23(33)17-24(34)19-25)26-15-22(16-27-29(26)37-28(20-35-27)40-9-13-44-14-10-40)30(41)38(5)7-11-43-12-8-39(6)31(42)45-32(2,3)4/h2*15-20,37H,7-14H2,1-6H3;15-21,36H,7-14H2,1-6H3. The van der Waals surface area contributed by atoms with Gasteiger partial charge >= 0.3 is 18.3 Å². The van der Waals surface area contributed by atoms with E-state index in [0.717, 1.165) is 30.3 Å². The Morgan fingerprint density at radius 2 is 0.584 bits per heavy atom. The Balaban J connectivity index is 0.000000212. The van der Waals surface area contributed by atoms with Crippen LogP contribution in [0, 0.1) is 46.5 Å². The number of nitrogens with zero attached hydrogens (tertiary/aromatic N) is 15. The summed E-state index contributed by atoms with van der Waals surface area (Å²) in [7, 11) is 9.83. The minimum atomic E-state index is -1.56. The molecule has 3 atom stereocenters. The van der Waals surface area contributed by atoms with Crippen LogP contribution in [-0.4, -0.2) is 312 Å². The Bertz CT molecular complexity index is 5370. The highest BCUT2D eigenvalue weighted by Crippen LogP contribution is 2.35. The zero-order valence-electron chi connectivity index (χ0n) is 80.8. The normalized spacial score (nSPS) is 14.2. The molecule has 3 saturated heterocycles. The molecule has 41 heteroatoms. The second kappa shape index (κ2) is 48.5. The minimum Gasteiger partial charge on any atom is -0.444 e. The average Bonchev–Trinajstić information content (AvgIpc) is 0.774. The zero-order chi connectivity index (χ0) is 99.9. The number of hydrogen-bond acceptors (Lipinski definition) is 27. The van der Waals surface area contributed by atoms with Crippen molar-refractivity contribution in [3.63, 3.8) is 0 Å². The second-order valence-electron chi connectivity index (χ2n) is 36.3. The number of anilines is 6. The molecule has 6 amide bonds. The highest BCUT2D eigenvalue weighted by molar-refractivity contribution is 6.00. The summed E-state index contributed by atoms with van der Waals surface area (Å²) in [5, 5.41) is 9.14. The Morgan fingerprint density at radius 3 is 0.825 bits per heavy atom. The molecule has 3 N–H and O–H groups in total. The molecule has 12 rings (SSSR count). The predicted molar refractivity (Wildman–Crippen MR) is 503 cm³/mol. The smallest absolute Gasteiger partial charge is 0.410 e. The van der Waals surface area contributed by atoms with E-state index in [-0.39, 0.29) is 87.5 Å². The molecule has 6 aromatic carbocycles. The van der Waals surface area contributed by atoms with Crippen LogP contribution in [0.25, 0.3) is 33.1 Å². The van der Waals surface area contributed by atoms with Crippen LogP contribution in [0.3, 0.4) is 0 Å². The Labute approximate surface area is 792 Å². The van der Waals surface area contributed by atoms with Crippen molar-refractivity contribution in [2.24, 2.45) is 0 Å². The van der Waals surface area contributed by atoms with Gasteiger partial charge in [-0.15, -0.1) is 0 Å². The molecule has 6 heterocycles. The van der Waals surface area contributed by atoms with Crippen molar-refractivity contribution in [1.29, 1.82) is 0 Å². The predicted octanol–water partition coefficient (Wildman–Crippen LogP) is 14.9. The van der Waals surface area contributed by atoms with E-state index in [1.165, 1.54) is 41.5 Å². The number of rotatable bonds is 33. The van der Waals surface area contributed by atoms with Gasteiger partial charge in [-0.2, -0.15) is 0 Å². The molecule has 3 aliphatic rings. The summed E-state index contributed by atoms with van der Waals surface area (Å²) < 4.78 is 160. The zero-order valence-corrected chi connectivity index (χ0v) is 80.8. The summed E-state index contributed by atoms with van der Waals surface area (Å²) >= 11 is 0. The van der Waals surface area contributed by atoms with E-state index in [1.54, 1.807) is 173 Å². The molecule has 3 aliphatic heterocycles. The number of fused-ring (bicyclic) bond motifs is 3. The number of aromatic nitrogens is 6. The van der Waals surface area contributed by atoms with E-state index in [0.29, 0.717) is 189 Å². The maximum absolute atomic E-state index is 14.0. The number of morpholine rings is 3. The van der Waals surface area contributed by atoms with Crippen molar-refractivity contribution in [2.75, 3.05) is 231 Å². The molecular formula is C96H124F8N18O15. The maximum Gasteiger partial charge on any atom is 0.410 e. The van der Waals surface area contributed by atoms with Crippen molar-refractivity contribution in [1.82, 2.24) is 59.3 Å². The summed E-state index contributed by atoms with van der Waals surface area (Å²) in [6, 6.07) is 15.1. The third kappa shape index (κ3) is 31.3. The van der Waals surface area contributed by atoms with E-state index in [4.69, 9.17) is 57.6 Å². The molecule has 3 aromatic heterocycles. The molecule has 0 radical (unpaired) electrons. The van der Waals surface area contributed by atoms with Crippen LogP contribution in [0.4, 0.5) is 84.0 Å². The number of carbonyl (C=O) groups excluding carboxylic acids is 6. The lowest BCUT2D eigenvalue weighted by Crippen LogP contribution is -2.36. The number of nitrogens with one attached hydrogen (secondary N) is 3. The first kappa shape index (κ1) is 107. The monoisotopic (exact) mass is 1920 g/mol. The lowest BCUT2D eigenvalue weighted by Gasteiger charge is -2.28. The third-order valence-electron chi connectivity index (χ3n) is 21.7. The van der Waals surface area contributed by atoms with Crippen LogP contribution in [0.5, 0.6) is 0 Å². The van der Waals surface area contributed by atoms with Gasteiger partial charge in [0.1, 0.15) is 45.9 Å². The van der Waals surface area contributed by atoms with Crippen LogP contribution in [0.1, 0.15) is 149 Å². The van der Waals surface area contributed by atoms with E-state index >= 15 is 0 Å². The van der Waals surface area contributed by atoms with Crippen LogP contribution in [-0.2, 0) is 42.6 Å². The first-order chi connectivity index (χ1) is 64.8. The molecule has 3 fully saturated rings. The molecule has 0 aliphatic carbocycles. The summed E-state index contributed by atoms with van der Waals surface area (Å²) in [5.41, 5.74) is 4.35. The van der Waals surface area contributed by atoms with E-state index in [2.05, 4.69) is 35.8 Å². The summed E-state index contributed by atoms with van der Waals surface area (Å²) in [6.07, 6.45) is 3.62. The number of carbonyl (C=O) groups is 6. The minimum absolute atomic E-state index is 0.0256. The molecule has 0 bridgehead atoms. The van der Waals surface area contributed by atoms with Crippen molar-refractivity contribution >= 4 is 104 Å². The molecule has 0 spiro atoms. The molecule has 744 valence electrons. The van der Waals surface area contributed by atoms with Crippen LogP contribution >= 0.6 is 0 Å². The number of ether oxygens (including phenoxy) is 9. The van der Waals surface area contributed by atoms with Gasteiger partial charge in [0.15, 0.2) is 34.9 Å². The lowest BCUT2D eigenvalue weighted by atomic mass is 10.0. The topological polar surface area (TPSA) is 328 Å². The highest BCUT2D eigenvalue weighted by Gasteiger charge is 2.30. The first-order valence-electron chi connectivity index (χ1n) is 45.0. The quantitative estimate of drug-likeness (QED) is 0.0149. The molecular weight excluding hydrogens is 1800 g/mol. The van der Waals surface area contributed by atoms with Gasteiger partial charge in [0.25, 0.3) is 17.7 Å². The molecule has 3 unspecified atom stereocenters. The fourth-order valence-electron chi connectivity index (χ4n) is 14.3. The van der Waals surface area contributed by atoms with Gasteiger partial charge in [-0.25, -0.2) is 64.5 Å². The average molecular weight is 1920 g/mol. The van der Waals surface area contributed by atoms with Gasteiger partial charge in [0.2, 0.25) is 0 Å². The van der Waals surface area contributed by atoms with Gasteiger partial charge in [0.05, 0.1) is 149 Å². The number of benzene rings is 6. The number of likely N-dealkylation sites (N-methyl/N-ethyl adjacent to an activating group) is 6. The molecule has 9 aromatic rings. The van der Waals surface area contributed by atoms with Crippen LogP contribution in [0.2, 0.25) is 0 Å². The van der Waals surface area contributed by atoms with Crippen molar-refractivity contribution < 1.29 is 107 Å². The van der Waals surface area contributed by atoms with E-state index < -0.39 is 99.7 Å². The van der Waals surface area contributed by atoms with Gasteiger partial charge in [0, 0.05) is 202 Å². The fraction of sp³-hybridized carbons (Fsp3) is 0.500. The number of halogens is 8. The molecule has 137 heavy (non-hydrogen) atoms. The van der Waals surface area contributed by atoms with Crippen molar-refractivity contribution in [2.45, 2.75) is 118 Å². The Morgan fingerprint density at radius 1 is 0.350 bits per heavy atom. The number of hydrogen-bond donors (Lipinski definition) is 3. The highest BCUT2D eigenvalue weighted by atomic mass is 19.2. The summed E-state index contributed by atoms with van der Waals surface area (Å²) in [4.78, 5) is 120. The van der Waals surface area contributed by atoms with Crippen molar-refractivity contribution in [3.05, 3.63) is 177 Å². The van der Waals surface area contributed by atoms with Gasteiger partial charge in [-0.3, -0.25) is 29.3 Å². The lowest BCUT2D eigenvalue weighted by molar-refractivity contribution is 0.0214. The molecule has 0 saturated carbocycles. The first-order valence-corrected chi connectivity index (χ1v) is 45.0. The largest absolute Gasteiger partial charge is 0.444 e. The number of amides is 6. The van der Waals surface area contributed by atoms with Gasteiger partial charge < -0.3 is 103 Å². The van der Waals surface area contributed by atoms with E-state index in [9.17, 15) is 63.9 Å². The fourth-order valence-corrected chi connectivity index (χ4v) is 14.3. The SMILES string of the molecule is CC(Nc1cc(F)c(F)c(F)c1)c1cc(C(=O)N(C)CCOCCN(C)C(=O)OC(C)(C)C)cc2ncc(N3CCOCC3)nc12.CC(Nc1cc(F)c(F)c(F)c1)c1cc(C(=O)N(C)CCOCCN(C)C(=O)OC(C)(C)C)cc2ncc(N3CCOCC3)nc12.CC(Nc1cc(F)cc(F)c1)c1cc(C(=O)N(C)CCOCCN(C)C(=O)OC(C)(C)C)cc2ncc(N3CCOCC3)nc12. The summed E-state index contributed by atoms with van der Waals surface area (Å²) in [5.74, 6) is -8.71. The van der Waals surface area contributed by atoms with E-state index in [1.807, 2.05) is 16.7 Å². The third-order valence-corrected chi connectivity index (χ3v) is 21.7.